The van der Waals surface area contributed by atoms with E-state index in [2.05, 4.69) is 5.32 Å². The molecule has 1 aromatic rings. The summed E-state index contributed by atoms with van der Waals surface area (Å²) in [5.41, 5.74) is 2.73. The molecule has 0 aliphatic heterocycles. The predicted octanol–water partition coefficient (Wildman–Crippen LogP) is 1.71. The Morgan fingerprint density at radius 1 is 1.33 bits per heavy atom. The summed E-state index contributed by atoms with van der Waals surface area (Å²) >= 11 is 0. The van der Waals surface area contributed by atoms with Crippen LogP contribution in [-0.2, 0) is 0 Å². The van der Waals surface area contributed by atoms with Crippen LogP contribution in [0, 0.1) is 13.8 Å². The highest BCUT2D eigenvalue weighted by molar-refractivity contribution is 5.98. The molecule has 0 atom stereocenters. The molecule has 0 heterocycles. The zero-order chi connectivity index (χ0) is 11.4. The van der Waals surface area contributed by atoms with Gasteiger partial charge in [-0.3, -0.25) is 4.79 Å². The summed E-state index contributed by atoms with van der Waals surface area (Å²) in [7, 11) is 3.41. The number of likely N-dealkylation sites (N-methyl/N-ethyl adjacent to an activating group) is 1. The van der Waals surface area contributed by atoms with Gasteiger partial charge in [-0.15, -0.1) is 0 Å². The lowest BCUT2D eigenvalue weighted by molar-refractivity contribution is 0.0993. The minimum atomic E-state index is 0.103. The second-order valence-corrected chi connectivity index (χ2v) is 3.60. The molecule has 0 aromatic heterocycles. The molecule has 1 N–H and O–H groups in total. The van der Waals surface area contributed by atoms with Crippen molar-refractivity contribution in [1.82, 2.24) is 5.32 Å². The smallest absolute Gasteiger partial charge is 0.176 e. The van der Waals surface area contributed by atoms with Crippen molar-refractivity contribution in [2.75, 3.05) is 20.7 Å². The number of carbonyl (C=O) groups excluding carboxylic acids is 1. The SMILES string of the molecule is CNCC(=O)c1cc(C)c(OC)c(C)c1. The molecule has 0 radical (unpaired) electrons. The summed E-state index contributed by atoms with van der Waals surface area (Å²) in [6, 6.07) is 3.73. The van der Waals surface area contributed by atoms with Crippen LogP contribution >= 0.6 is 0 Å². The van der Waals surface area contributed by atoms with Crippen LogP contribution in [0.2, 0.25) is 0 Å². The monoisotopic (exact) mass is 207 g/mol. The van der Waals surface area contributed by atoms with Gasteiger partial charge < -0.3 is 10.1 Å². The fourth-order valence-corrected chi connectivity index (χ4v) is 1.70. The third-order valence-electron chi connectivity index (χ3n) is 2.32. The Labute approximate surface area is 90.4 Å². The number of Topliss-reactive ketones (excluding diaryl/α,β-unsaturated/α-hetero) is 1. The molecule has 15 heavy (non-hydrogen) atoms. The maximum atomic E-state index is 11.6. The van der Waals surface area contributed by atoms with E-state index in [0.29, 0.717) is 6.54 Å². The van der Waals surface area contributed by atoms with Crippen LogP contribution in [-0.4, -0.2) is 26.5 Å². The van der Waals surface area contributed by atoms with Crippen LogP contribution in [0.3, 0.4) is 0 Å². The van der Waals surface area contributed by atoms with Gasteiger partial charge in [0.2, 0.25) is 0 Å². The quantitative estimate of drug-likeness (QED) is 0.764. The van der Waals surface area contributed by atoms with E-state index in [1.807, 2.05) is 26.0 Å². The molecule has 0 fully saturated rings. The van der Waals surface area contributed by atoms with E-state index in [4.69, 9.17) is 4.74 Å². The van der Waals surface area contributed by atoms with Crippen LogP contribution in [0.15, 0.2) is 12.1 Å². The first-order valence-corrected chi connectivity index (χ1v) is 4.93. The van der Waals surface area contributed by atoms with Crippen LogP contribution in [0.4, 0.5) is 0 Å². The fraction of sp³-hybridized carbons (Fsp3) is 0.417. The highest BCUT2D eigenvalue weighted by atomic mass is 16.5. The number of hydrogen-bond donors (Lipinski definition) is 1. The van der Waals surface area contributed by atoms with Gasteiger partial charge in [0.15, 0.2) is 5.78 Å². The molecule has 3 nitrogen and oxygen atoms in total. The van der Waals surface area contributed by atoms with Gasteiger partial charge in [0.25, 0.3) is 0 Å². The Morgan fingerprint density at radius 2 is 1.87 bits per heavy atom. The molecule has 0 saturated carbocycles. The second kappa shape index (κ2) is 4.94. The minimum absolute atomic E-state index is 0.103. The molecule has 0 bridgehead atoms. The van der Waals surface area contributed by atoms with Gasteiger partial charge in [-0.1, -0.05) is 0 Å². The van der Waals surface area contributed by atoms with E-state index in [1.165, 1.54) is 0 Å². The minimum Gasteiger partial charge on any atom is -0.496 e. The standard InChI is InChI=1S/C12H17NO2/c1-8-5-10(11(14)7-13-3)6-9(2)12(8)15-4/h5-6,13H,7H2,1-4H3. The normalized spacial score (nSPS) is 10.1. The summed E-state index contributed by atoms with van der Waals surface area (Å²) in [5, 5.41) is 2.85. The largest absolute Gasteiger partial charge is 0.496 e. The van der Waals surface area contributed by atoms with Gasteiger partial charge >= 0.3 is 0 Å². The summed E-state index contributed by atoms with van der Waals surface area (Å²) in [4.78, 5) is 11.6. The first kappa shape index (κ1) is 11.7. The number of nitrogens with one attached hydrogen (secondary N) is 1. The van der Waals surface area contributed by atoms with Crippen molar-refractivity contribution in [3.63, 3.8) is 0 Å². The number of methoxy groups -OCH3 is 1. The van der Waals surface area contributed by atoms with Crippen molar-refractivity contribution in [3.8, 4) is 5.75 Å². The molecule has 0 aliphatic carbocycles. The fourth-order valence-electron chi connectivity index (χ4n) is 1.70. The summed E-state index contributed by atoms with van der Waals surface area (Å²) in [6.07, 6.45) is 0. The van der Waals surface area contributed by atoms with Gasteiger partial charge in [0.05, 0.1) is 13.7 Å². The maximum absolute atomic E-state index is 11.6. The van der Waals surface area contributed by atoms with E-state index in [9.17, 15) is 4.79 Å². The number of ketones is 1. The summed E-state index contributed by atoms with van der Waals surface area (Å²) in [6.45, 7) is 4.26. The van der Waals surface area contributed by atoms with E-state index < -0.39 is 0 Å². The molecule has 1 aromatic carbocycles. The number of ether oxygens (including phenoxy) is 1. The van der Waals surface area contributed by atoms with Gasteiger partial charge in [-0.05, 0) is 44.2 Å². The Balaban J connectivity index is 3.08. The second-order valence-electron chi connectivity index (χ2n) is 3.60. The molecule has 0 amide bonds. The predicted molar refractivity (Wildman–Crippen MR) is 60.7 cm³/mol. The average Bonchev–Trinajstić information content (AvgIpc) is 2.17. The zero-order valence-electron chi connectivity index (χ0n) is 9.68. The number of rotatable bonds is 4. The van der Waals surface area contributed by atoms with Crippen LogP contribution in [0.1, 0.15) is 21.5 Å². The molecule has 1 rings (SSSR count). The molecular formula is C12H17NO2. The first-order valence-electron chi connectivity index (χ1n) is 4.93. The summed E-state index contributed by atoms with van der Waals surface area (Å²) in [5.74, 6) is 0.961. The molecule has 0 saturated heterocycles. The van der Waals surface area contributed by atoms with Crippen molar-refractivity contribution in [1.29, 1.82) is 0 Å². The Morgan fingerprint density at radius 3 is 2.27 bits per heavy atom. The Kier molecular flexibility index (Phi) is 3.86. The lowest BCUT2D eigenvalue weighted by Gasteiger charge is -2.10. The van der Waals surface area contributed by atoms with Crippen molar-refractivity contribution in [3.05, 3.63) is 28.8 Å². The zero-order valence-corrected chi connectivity index (χ0v) is 9.68. The third kappa shape index (κ3) is 2.57. The van der Waals surface area contributed by atoms with E-state index in [0.717, 1.165) is 22.4 Å². The van der Waals surface area contributed by atoms with Crippen LogP contribution in [0.25, 0.3) is 0 Å². The van der Waals surface area contributed by atoms with Crippen molar-refractivity contribution in [2.24, 2.45) is 0 Å². The lowest BCUT2D eigenvalue weighted by atomic mass is 10.0. The average molecular weight is 207 g/mol. The van der Waals surface area contributed by atoms with Crippen molar-refractivity contribution in [2.45, 2.75) is 13.8 Å². The van der Waals surface area contributed by atoms with Crippen LogP contribution < -0.4 is 10.1 Å². The molecule has 0 aliphatic rings. The van der Waals surface area contributed by atoms with E-state index in [-0.39, 0.29) is 5.78 Å². The molecule has 3 heteroatoms. The number of carbonyl (C=O) groups is 1. The molecule has 0 unspecified atom stereocenters. The summed E-state index contributed by atoms with van der Waals surface area (Å²) < 4.78 is 5.24. The van der Waals surface area contributed by atoms with E-state index >= 15 is 0 Å². The van der Waals surface area contributed by atoms with Crippen LogP contribution in [0.5, 0.6) is 5.75 Å². The molecule has 0 spiro atoms. The van der Waals surface area contributed by atoms with Crippen molar-refractivity contribution < 1.29 is 9.53 Å². The topological polar surface area (TPSA) is 38.3 Å². The Hall–Kier alpha value is -1.35. The highest BCUT2D eigenvalue weighted by Crippen LogP contribution is 2.24. The van der Waals surface area contributed by atoms with Gasteiger partial charge in [-0.2, -0.15) is 0 Å². The van der Waals surface area contributed by atoms with Gasteiger partial charge in [0, 0.05) is 5.56 Å². The Bertz CT molecular complexity index is 349. The molecular weight excluding hydrogens is 190 g/mol. The maximum Gasteiger partial charge on any atom is 0.176 e. The third-order valence-corrected chi connectivity index (χ3v) is 2.32. The number of aryl methyl sites for hydroxylation is 2. The number of benzene rings is 1. The van der Waals surface area contributed by atoms with E-state index in [1.54, 1.807) is 14.2 Å². The number of hydrogen-bond acceptors (Lipinski definition) is 3. The highest BCUT2D eigenvalue weighted by Gasteiger charge is 2.10. The van der Waals surface area contributed by atoms with Gasteiger partial charge in [0.1, 0.15) is 5.75 Å². The van der Waals surface area contributed by atoms with Gasteiger partial charge in [-0.25, -0.2) is 0 Å². The van der Waals surface area contributed by atoms with Crippen molar-refractivity contribution >= 4 is 5.78 Å². The molecule has 82 valence electrons. The lowest BCUT2D eigenvalue weighted by Crippen LogP contribution is -2.18. The first-order chi connectivity index (χ1) is 7.10.